The molecule has 3 heteroatoms. The van der Waals surface area contributed by atoms with Crippen molar-refractivity contribution in [2.24, 2.45) is 5.92 Å². The van der Waals surface area contributed by atoms with Gasteiger partial charge in [-0.05, 0) is 37.5 Å². The fourth-order valence-electron chi connectivity index (χ4n) is 3.23. The Balaban J connectivity index is 2.17. The van der Waals surface area contributed by atoms with E-state index < -0.39 is 0 Å². The highest BCUT2D eigenvalue weighted by atomic mass is 35.5. The van der Waals surface area contributed by atoms with Crippen LogP contribution in [0.15, 0.2) is 36.4 Å². The van der Waals surface area contributed by atoms with Crippen molar-refractivity contribution in [3.8, 4) is 0 Å². The smallest absolute Gasteiger partial charge is 0.0678 e. The molecule has 1 heterocycles. The van der Waals surface area contributed by atoms with Gasteiger partial charge in [0, 0.05) is 30.6 Å². The third kappa shape index (κ3) is 4.58. The summed E-state index contributed by atoms with van der Waals surface area (Å²) in [6, 6.07) is 8.21. The predicted molar refractivity (Wildman–Crippen MR) is 94.6 cm³/mol. The molecule has 1 aromatic carbocycles. The minimum Gasteiger partial charge on any atom is -0.373 e. The molecule has 2 rings (SSSR count). The molecule has 1 fully saturated rings. The van der Waals surface area contributed by atoms with Gasteiger partial charge in [-0.15, -0.1) is 0 Å². The zero-order valence-electron chi connectivity index (χ0n) is 14.2. The van der Waals surface area contributed by atoms with E-state index in [9.17, 15) is 0 Å². The number of nitrogens with zero attached hydrogens (tertiary/aromatic N) is 1. The third-order valence-corrected chi connectivity index (χ3v) is 4.65. The van der Waals surface area contributed by atoms with Gasteiger partial charge in [0.05, 0.1) is 12.2 Å². The summed E-state index contributed by atoms with van der Waals surface area (Å²) in [6.45, 7) is 16.1. The van der Waals surface area contributed by atoms with E-state index in [1.807, 2.05) is 12.1 Å². The van der Waals surface area contributed by atoms with Gasteiger partial charge in [0.15, 0.2) is 0 Å². The molecule has 0 saturated carbocycles. The van der Waals surface area contributed by atoms with E-state index in [-0.39, 0.29) is 0 Å². The Bertz CT molecular complexity index is 487. The Morgan fingerprint density at radius 3 is 2.27 bits per heavy atom. The first kappa shape index (κ1) is 17.5. The summed E-state index contributed by atoms with van der Waals surface area (Å²) in [5.74, 6) is 0.811. The van der Waals surface area contributed by atoms with Gasteiger partial charge < -0.3 is 4.74 Å². The first-order valence-electron chi connectivity index (χ1n) is 8.18. The van der Waals surface area contributed by atoms with Gasteiger partial charge in [0.25, 0.3) is 0 Å². The van der Waals surface area contributed by atoms with Crippen molar-refractivity contribution in [1.82, 2.24) is 4.90 Å². The van der Waals surface area contributed by atoms with Crippen LogP contribution in [0.2, 0.25) is 5.02 Å². The van der Waals surface area contributed by atoms with Gasteiger partial charge in [-0.3, -0.25) is 4.90 Å². The average Bonchev–Trinajstić information content (AvgIpc) is 2.44. The molecule has 0 spiro atoms. The standard InChI is InChI=1S/C19H28ClNO/c1-13(2)16(5)19(17-6-8-18(20)9-7-17)12-21-10-14(3)22-15(4)11-21/h6-9,13-15,19H,5,10-12H2,1-4H3/t14-,15+,19-/m0/s1. The summed E-state index contributed by atoms with van der Waals surface area (Å²) in [7, 11) is 0. The zero-order valence-corrected chi connectivity index (χ0v) is 14.9. The highest BCUT2D eigenvalue weighted by Gasteiger charge is 2.26. The highest BCUT2D eigenvalue weighted by Crippen LogP contribution is 2.31. The minimum atomic E-state index is 0.293. The van der Waals surface area contributed by atoms with E-state index in [1.54, 1.807) is 0 Å². The van der Waals surface area contributed by atoms with Gasteiger partial charge in [-0.25, -0.2) is 0 Å². The molecule has 1 saturated heterocycles. The van der Waals surface area contributed by atoms with E-state index in [4.69, 9.17) is 16.3 Å². The summed E-state index contributed by atoms with van der Waals surface area (Å²) in [5.41, 5.74) is 2.59. The molecule has 1 aliphatic heterocycles. The summed E-state index contributed by atoms with van der Waals surface area (Å²) >= 11 is 6.04. The summed E-state index contributed by atoms with van der Waals surface area (Å²) < 4.78 is 5.85. The number of rotatable bonds is 5. The molecule has 122 valence electrons. The van der Waals surface area contributed by atoms with Crippen LogP contribution in [0.5, 0.6) is 0 Å². The molecule has 0 N–H and O–H groups in total. The maximum absolute atomic E-state index is 6.04. The number of benzene rings is 1. The fourth-order valence-corrected chi connectivity index (χ4v) is 3.35. The molecular formula is C19H28ClNO. The maximum Gasteiger partial charge on any atom is 0.0678 e. The molecule has 22 heavy (non-hydrogen) atoms. The number of halogens is 1. The lowest BCUT2D eigenvalue weighted by Gasteiger charge is -2.38. The Labute approximate surface area is 140 Å². The van der Waals surface area contributed by atoms with Crippen molar-refractivity contribution < 1.29 is 4.74 Å². The van der Waals surface area contributed by atoms with E-state index in [1.165, 1.54) is 11.1 Å². The lowest BCUT2D eigenvalue weighted by Crippen LogP contribution is -2.47. The van der Waals surface area contributed by atoms with Crippen molar-refractivity contribution in [2.45, 2.75) is 45.8 Å². The van der Waals surface area contributed by atoms with Gasteiger partial charge >= 0.3 is 0 Å². The highest BCUT2D eigenvalue weighted by molar-refractivity contribution is 6.30. The maximum atomic E-state index is 6.04. The largest absolute Gasteiger partial charge is 0.373 e. The predicted octanol–water partition coefficient (Wildman–Crippen LogP) is 4.75. The first-order valence-corrected chi connectivity index (χ1v) is 8.56. The molecule has 0 amide bonds. The molecule has 1 aliphatic rings. The van der Waals surface area contributed by atoms with Crippen molar-refractivity contribution in [1.29, 1.82) is 0 Å². The van der Waals surface area contributed by atoms with Crippen molar-refractivity contribution in [3.05, 3.63) is 47.0 Å². The van der Waals surface area contributed by atoms with Crippen molar-refractivity contribution >= 4 is 11.6 Å². The van der Waals surface area contributed by atoms with Crippen LogP contribution in [-0.4, -0.2) is 36.7 Å². The second-order valence-corrected chi connectivity index (χ2v) is 7.25. The second-order valence-electron chi connectivity index (χ2n) is 6.81. The van der Waals surface area contributed by atoms with Gasteiger partial charge in [0.2, 0.25) is 0 Å². The Hall–Kier alpha value is -0.830. The number of hydrogen-bond acceptors (Lipinski definition) is 2. The summed E-state index contributed by atoms with van der Waals surface area (Å²) in [4.78, 5) is 2.51. The van der Waals surface area contributed by atoms with E-state index in [0.717, 1.165) is 24.7 Å². The van der Waals surface area contributed by atoms with Crippen LogP contribution in [0.4, 0.5) is 0 Å². The lowest BCUT2D eigenvalue weighted by molar-refractivity contribution is -0.0687. The topological polar surface area (TPSA) is 12.5 Å². The summed E-state index contributed by atoms with van der Waals surface area (Å²) in [5, 5.41) is 0.784. The lowest BCUT2D eigenvalue weighted by atomic mass is 9.85. The van der Waals surface area contributed by atoms with E-state index in [0.29, 0.717) is 24.0 Å². The van der Waals surface area contributed by atoms with Gasteiger partial charge in [-0.2, -0.15) is 0 Å². The van der Waals surface area contributed by atoms with Gasteiger partial charge in [0.1, 0.15) is 0 Å². The van der Waals surface area contributed by atoms with Gasteiger partial charge in [-0.1, -0.05) is 49.7 Å². The average molecular weight is 322 g/mol. The number of hydrogen-bond donors (Lipinski definition) is 0. The quantitative estimate of drug-likeness (QED) is 0.726. The SMILES string of the molecule is C=C(C(C)C)[C@H](CN1C[C@@H](C)O[C@@H](C)C1)c1ccc(Cl)cc1. The third-order valence-electron chi connectivity index (χ3n) is 4.40. The zero-order chi connectivity index (χ0) is 16.3. The minimum absolute atomic E-state index is 0.293. The normalized spacial score (nSPS) is 24.5. The van der Waals surface area contributed by atoms with Crippen molar-refractivity contribution in [3.63, 3.8) is 0 Å². The summed E-state index contributed by atoms with van der Waals surface area (Å²) in [6.07, 6.45) is 0.587. The van der Waals surface area contributed by atoms with Crippen LogP contribution in [0.25, 0.3) is 0 Å². The number of morpholine rings is 1. The van der Waals surface area contributed by atoms with E-state index in [2.05, 4.69) is 51.3 Å². The molecule has 2 nitrogen and oxygen atoms in total. The van der Waals surface area contributed by atoms with Crippen LogP contribution < -0.4 is 0 Å². The molecular weight excluding hydrogens is 294 g/mol. The second kappa shape index (κ2) is 7.63. The Kier molecular flexibility index (Phi) is 6.08. The molecule has 0 bridgehead atoms. The molecule has 3 atom stereocenters. The first-order chi connectivity index (χ1) is 10.4. The molecule has 0 unspecified atom stereocenters. The van der Waals surface area contributed by atoms with E-state index >= 15 is 0 Å². The Morgan fingerprint density at radius 2 is 1.77 bits per heavy atom. The fraction of sp³-hybridized carbons (Fsp3) is 0.579. The molecule has 0 aromatic heterocycles. The molecule has 1 aromatic rings. The molecule has 0 aliphatic carbocycles. The van der Waals surface area contributed by atoms with Crippen LogP contribution in [-0.2, 0) is 4.74 Å². The van der Waals surface area contributed by atoms with Crippen molar-refractivity contribution in [2.75, 3.05) is 19.6 Å². The van der Waals surface area contributed by atoms with Crippen LogP contribution in [0.3, 0.4) is 0 Å². The van der Waals surface area contributed by atoms with Crippen LogP contribution >= 0.6 is 11.6 Å². The van der Waals surface area contributed by atoms with Crippen LogP contribution in [0, 0.1) is 5.92 Å². The van der Waals surface area contributed by atoms with Crippen LogP contribution in [0.1, 0.15) is 39.2 Å². The monoisotopic (exact) mass is 321 g/mol. The molecule has 0 radical (unpaired) electrons. The number of ether oxygens (including phenoxy) is 1. The Morgan fingerprint density at radius 1 is 1.23 bits per heavy atom.